The molecule has 1 saturated heterocycles. The summed E-state index contributed by atoms with van der Waals surface area (Å²) >= 11 is 0. The van der Waals surface area contributed by atoms with Gasteiger partial charge in [-0.05, 0) is 24.0 Å². The van der Waals surface area contributed by atoms with E-state index in [-0.39, 0.29) is 17.9 Å². The summed E-state index contributed by atoms with van der Waals surface area (Å²) < 4.78 is 0. The van der Waals surface area contributed by atoms with Gasteiger partial charge in [0, 0.05) is 25.5 Å². The van der Waals surface area contributed by atoms with Gasteiger partial charge in [-0.1, -0.05) is 60.7 Å². The molecule has 5 nitrogen and oxygen atoms in total. The van der Waals surface area contributed by atoms with Crippen molar-refractivity contribution in [2.24, 2.45) is 5.92 Å². The lowest BCUT2D eigenvalue weighted by Gasteiger charge is -2.33. The van der Waals surface area contributed by atoms with Crippen molar-refractivity contribution in [2.75, 3.05) is 18.0 Å². The van der Waals surface area contributed by atoms with Gasteiger partial charge in [0.2, 0.25) is 5.91 Å². The zero-order valence-corrected chi connectivity index (χ0v) is 15.7. The van der Waals surface area contributed by atoms with Crippen LogP contribution in [0.25, 0.3) is 0 Å². The van der Waals surface area contributed by atoms with Gasteiger partial charge in [0.15, 0.2) is 0 Å². The number of amides is 1. The van der Waals surface area contributed by atoms with Gasteiger partial charge >= 0.3 is 0 Å². The molecular formula is C23H24N4O. The highest BCUT2D eigenvalue weighted by Gasteiger charge is 2.28. The molecule has 1 aliphatic rings. The first-order valence-electron chi connectivity index (χ1n) is 9.72. The van der Waals surface area contributed by atoms with Crippen LogP contribution in [0.2, 0.25) is 0 Å². The minimum Gasteiger partial charge on any atom is -0.355 e. The van der Waals surface area contributed by atoms with Gasteiger partial charge in [0.05, 0.1) is 18.2 Å². The molecule has 3 aromatic rings. The lowest BCUT2D eigenvalue weighted by molar-refractivity contribution is -0.125. The van der Waals surface area contributed by atoms with Gasteiger partial charge in [0.25, 0.3) is 0 Å². The molecule has 0 bridgehead atoms. The fourth-order valence-electron chi connectivity index (χ4n) is 3.76. The van der Waals surface area contributed by atoms with Crippen LogP contribution >= 0.6 is 0 Å². The predicted molar refractivity (Wildman–Crippen MR) is 110 cm³/mol. The first-order chi connectivity index (χ1) is 13.8. The number of nitrogens with one attached hydrogen (secondary N) is 1. The van der Waals surface area contributed by atoms with Crippen LogP contribution in [0, 0.1) is 5.92 Å². The first kappa shape index (κ1) is 18.2. The third kappa shape index (κ3) is 4.19. The molecule has 1 aliphatic heterocycles. The van der Waals surface area contributed by atoms with E-state index in [1.807, 2.05) is 36.4 Å². The number of carbonyl (C=O) groups excluding carboxylic acids is 1. The Labute approximate surface area is 165 Å². The number of benzene rings is 2. The number of aromatic nitrogens is 2. The second-order valence-electron chi connectivity index (χ2n) is 7.11. The summed E-state index contributed by atoms with van der Waals surface area (Å²) in [6.07, 6.45) is 6.98. The van der Waals surface area contributed by atoms with Crippen LogP contribution in [-0.4, -0.2) is 29.0 Å². The Kier molecular flexibility index (Phi) is 5.61. The van der Waals surface area contributed by atoms with Crippen molar-refractivity contribution >= 4 is 11.7 Å². The summed E-state index contributed by atoms with van der Waals surface area (Å²) in [4.78, 5) is 23.8. The van der Waals surface area contributed by atoms with Gasteiger partial charge in [-0.15, -0.1) is 0 Å². The maximum atomic E-state index is 13.2. The summed E-state index contributed by atoms with van der Waals surface area (Å²) in [6.45, 7) is 1.57. The molecule has 142 valence electrons. The molecule has 1 aromatic heterocycles. The Morgan fingerprint density at radius 3 is 2.29 bits per heavy atom. The van der Waals surface area contributed by atoms with E-state index in [9.17, 15) is 4.79 Å². The number of rotatable bonds is 5. The molecule has 0 saturated carbocycles. The van der Waals surface area contributed by atoms with Crippen LogP contribution in [0.3, 0.4) is 0 Å². The molecule has 0 aliphatic carbocycles. The zero-order chi connectivity index (χ0) is 19.2. The Morgan fingerprint density at radius 2 is 1.68 bits per heavy atom. The van der Waals surface area contributed by atoms with E-state index in [0.717, 1.165) is 36.3 Å². The van der Waals surface area contributed by atoms with E-state index < -0.39 is 0 Å². The fraction of sp³-hybridized carbons (Fsp3) is 0.261. The lowest BCUT2D eigenvalue weighted by Crippen LogP contribution is -2.44. The SMILES string of the molecule is O=C(NC(c1ccccc1)c1ccccc1)C1CCCN(c2cnccn2)C1. The average Bonchev–Trinajstić information content (AvgIpc) is 2.79. The van der Waals surface area contributed by atoms with Crippen LogP contribution in [-0.2, 0) is 4.79 Å². The summed E-state index contributed by atoms with van der Waals surface area (Å²) in [5.74, 6) is 0.861. The highest BCUT2D eigenvalue weighted by atomic mass is 16.2. The van der Waals surface area contributed by atoms with Gasteiger partial charge in [-0.2, -0.15) is 0 Å². The highest BCUT2D eigenvalue weighted by Crippen LogP contribution is 2.25. The molecule has 2 aromatic carbocycles. The van der Waals surface area contributed by atoms with Crippen molar-refractivity contribution in [3.8, 4) is 0 Å². The molecule has 1 fully saturated rings. The molecule has 28 heavy (non-hydrogen) atoms. The topological polar surface area (TPSA) is 58.1 Å². The van der Waals surface area contributed by atoms with Crippen LogP contribution in [0.5, 0.6) is 0 Å². The molecule has 1 amide bonds. The molecule has 1 atom stereocenters. The molecule has 1 N–H and O–H groups in total. The van der Waals surface area contributed by atoms with Gasteiger partial charge < -0.3 is 10.2 Å². The van der Waals surface area contributed by atoms with E-state index in [2.05, 4.69) is 44.5 Å². The maximum Gasteiger partial charge on any atom is 0.225 e. The highest BCUT2D eigenvalue weighted by molar-refractivity contribution is 5.80. The Morgan fingerprint density at radius 1 is 1.00 bits per heavy atom. The zero-order valence-electron chi connectivity index (χ0n) is 15.7. The van der Waals surface area contributed by atoms with E-state index in [4.69, 9.17) is 0 Å². The number of piperidine rings is 1. The fourth-order valence-corrected chi connectivity index (χ4v) is 3.76. The van der Waals surface area contributed by atoms with Gasteiger partial charge in [-0.25, -0.2) is 4.98 Å². The number of anilines is 1. The second-order valence-corrected chi connectivity index (χ2v) is 7.11. The normalized spacial score (nSPS) is 16.8. The smallest absolute Gasteiger partial charge is 0.225 e. The minimum atomic E-state index is -0.151. The molecular weight excluding hydrogens is 348 g/mol. The minimum absolute atomic E-state index is 0.0642. The molecule has 4 rings (SSSR count). The van der Waals surface area contributed by atoms with Crippen molar-refractivity contribution in [1.29, 1.82) is 0 Å². The van der Waals surface area contributed by atoms with Crippen molar-refractivity contribution < 1.29 is 4.79 Å². The van der Waals surface area contributed by atoms with Crippen molar-refractivity contribution in [3.63, 3.8) is 0 Å². The summed E-state index contributed by atoms with van der Waals surface area (Å²) in [5.41, 5.74) is 2.17. The van der Waals surface area contributed by atoms with Crippen molar-refractivity contribution in [3.05, 3.63) is 90.4 Å². The van der Waals surface area contributed by atoms with Gasteiger partial charge in [-0.3, -0.25) is 9.78 Å². The van der Waals surface area contributed by atoms with E-state index in [1.165, 1.54) is 0 Å². The summed E-state index contributed by atoms with van der Waals surface area (Å²) in [7, 11) is 0. The van der Waals surface area contributed by atoms with Crippen LogP contribution in [0.4, 0.5) is 5.82 Å². The molecule has 0 radical (unpaired) electrons. The number of nitrogens with zero attached hydrogens (tertiary/aromatic N) is 3. The Hall–Kier alpha value is -3.21. The van der Waals surface area contributed by atoms with Crippen LogP contribution < -0.4 is 10.2 Å². The summed E-state index contributed by atoms with van der Waals surface area (Å²) in [6, 6.07) is 20.1. The second kappa shape index (κ2) is 8.65. The van der Waals surface area contributed by atoms with Crippen LogP contribution in [0.1, 0.15) is 30.0 Å². The average molecular weight is 372 g/mol. The van der Waals surface area contributed by atoms with E-state index in [1.54, 1.807) is 18.6 Å². The maximum absolute atomic E-state index is 13.2. The standard InChI is InChI=1S/C23H24N4O/c28-23(20-12-7-15-27(17-20)21-16-24-13-14-25-21)26-22(18-8-3-1-4-9-18)19-10-5-2-6-11-19/h1-6,8-11,13-14,16,20,22H,7,12,15,17H2,(H,26,28). The molecule has 2 heterocycles. The lowest BCUT2D eigenvalue weighted by atomic mass is 9.94. The predicted octanol–water partition coefficient (Wildman–Crippen LogP) is 3.60. The van der Waals surface area contributed by atoms with E-state index in [0.29, 0.717) is 6.54 Å². The Bertz CT molecular complexity index is 847. The third-order valence-electron chi connectivity index (χ3n) is 5.22. The summed E-state index contributed by atoms with van der Waals surface area (Å²) in [5, 5.41) is 3.29. The monoisotopic (exact) mass is 372 g/mol. The van der Waals surface area contributed by atoms with E-state index >= 15 is 0 Å². The number of hydrogen-bond acceptors (Lipinski definition) is 4. The first-order valence-corrected chi connectivity index (χ1v) is 9.72. The number of carbonyl (C=O) groups is 1. The Balaban J connectivity index is 1.51. The largest absolute Gasteiger partial charge is 0.355 e. The molecule has 5 heteroatoms. The molecule has 0 spiro atoms. The van der Waals surface area contributed by atoms with Crippen LogP contribution in [0.15, 0.2) is 79.3 Å². The van der Waals surface area contributed by atoms with Gasteiger partial charge in [0.1, 0.15) is 5.82 Å². The third-order valence-corrected chi connectivity index (χ3v) is 5.22. The number of hydrogen-bond donors (Lipinski definition) is 1. The quantitative estimate of drug-likeness (QED) is 0.743. The molecule has 1 unspecified atom stereocenters. The van der Waals surface area contributed by atoms with Crippen molar-refractivity contribution in [2.45, 2.75) is 18.9 Å². The van der Waals surface area contributed by atoms with Crippen molar-refractivity contribution in [1.82, 2.24) is 15.3 Å².